The van der Waals surface area contributed by atoms with Crippen LogP contribution in [-0.4, -0.2) is 16.8 Å². The molecule has 136 valence electrons. The summed E-state index contributed by atoms with van der Waals surface area (Å²) in [4.78, 5) is 3.56. The molecule has 2 aromatic carbocycles. The molecule has 0 aliphatic heterocycles. The zero-order valence-electron chi connectivity index (χ0n) is 13.3. The summed E-state index contributed by atoms with van der Waals surface area (Å²) in [6.45, 7) is 1.56. The van der Waals surface area contributed by atoms with Crippen molar-refractivity contribution in [2.24, 2.45) is 0 Å². The SMILES string of the molecule is CP(=O)(Nc1ccccc1Cl)c1ccc(-c2noc(C(F)(F)Cl)n2)cc1. The van der Waals surface area contributed by atoms with Gasteiger partial charge in [0.25, 0.3) is 0 Å². The minimum Gasteiger partial charge on any atom is -0.332 e. The van der Waals surface area contributed by atoms with Crippen LogP contribution in [0.2, 0.25) is 5.02 Å². The van der Waals surface area contributed by atoms with Crippen molar-refractivity contribution in [1.29, 1.82) is 0 Å². The van der Waals surface area contributed by atoms with Crippen LogP contribution in [0.4, 0.5) is 14.5 Å². The van der Waals surface area contributed by atoms with Crippen LogP contribution in [0.15, 0.2) is 53.1 Å². The van der Waals surface area contributed by atoms with Crippen molar-refractivity contribution in [1.82, 2.24) is 10.1 Å². The Morgan fingerprint density at radius 3 is 2.38 bits per heavy atom. The Balaban J connectivity index is 1.84. The summed E-state index contributed by atoms with van der Waals surface area (Å²) >= 11 is 10.9. The van der Waals surface area contributed by atoms with E-state index in [1.165, 1.54) is 0 Å². The summed E-state index contributed by atoms with van der Waals surface area (Å²) in [5.74, 6) is -1.03. The zero-order chi connectivity index (χ0) is 18.9. The van der Waals surface area contributed by atoms with Crippen LogP contribution in [0.5, 0.6) is 0 Å². The Morgan fingerprint density at radius 1 is 1.15 bits per heavy atom. The van der Waals surface area contributed by atoms with E-state index in [-0.39, 0.29) is 5.82 Å². The van der Waals surface area contributed by atoms with Crippen LogP contribution < -0.4 is 10.4 Å². The molecule has 0 aliphatic rings. The average Bonchev–Trinajstić information content (AvgIpc) is 3.07. The van der Waals surface area contributed by atoms with Crippen LogP contribution in [0.3, 0.4) is 0 Å². The van der Waals surface area contributed by atoms with Gasteiger partial charge in [-0.3, -0.25) is 4.57 Å². The lowest BCUT2D eigenvalue weighted by Gasteiger charge is -2.17. The monoisotopic (exact) mass is 417 g/mol. The highest BCUT2D eigenvalue weighted by atomic mass is 35.5. The summed E-state index contributed by atoms with van der Waals surface area (Å²) in [6.07, 6.45) is 0. The topological polar surface area (TPSA) is 68.0 Å². The van der Waals surface area contributed by atoms with Crippen molar-refractivity contribution in [2.75, 3.05) is 11.8 Å². The predicted molar refractivity (Wildman–Crippen MR) is 97.7 cm³/mol. The number of alkyl halides is 3. The molecule has 0 amide bonds. The Kier molecular flexibility index (Phi) is 5.06. The quantitative estimate of drug-likeness (QED) is 0.449. The highest BCUT2D eigenvalue weighted by Gasteiger charge is 2.35. The van der Waals surface area contributed by atoms with Gasteiger partial charge in [-0.15, -0.1) is 0 Å². The molecule has 3 rings (SSSR count). The summed E-state index contributed by atoms with van der Waals surface area (Å²) in [5, 5.41) is 3.65. The normalized spacial score (nSPS) is 14.0. The largest absolute Gasteiger partial charge is 0.400 e. The molecule has 0 spiro atoms. The van der Waals surface area contributed by atoms with Gasteiger partial charge in [0, 0.05) is 17.5 Å². The molecule has 1 aromatic heterocycles. The molecule has 5 nitrogen and oxygen atoms in total. The Hall–Kier alpha value is -1.95. The second-order valence-corrected chi connectivity index (χ2v) is 8.95. The third-order valence-corrected chi connectivity index (χ3v) is 5.94. The fourth-order valence-electron chi connectivity index (χ4n) is 2.20. The van der Waals surface area contributed by atoms with E-state index in [0.29, 0.717) is 21.6 Å². The number of para-hydroxylation sites is 1. The molecule has 26 heavy (non-hydrogen) atoms. The van der Waals surface area contributed by atoms with Gasteiger partial charge in [0.2, 0.25) is 5.82 Å². The van der Waals surface area contributed by atoms with Crippen molar-refractivity contribution in [3.05, 3.63) is 59.4 Å². The molecule has 0 bridgehead atoms. The first-order valence-corrected chi connectivity index (χ1v) is 10.2. The second-order valence-electron chi connectivity index (χ2n) is 5.48. The molecular formula is C16H12Cl2F2N3O2P. The molecule has 0 saturated carbocycles. The maximum Gasteiger partial charge on any atom is 0.400 e. The van der Waals surface area contributed by atoms with Gasteiger partial charge < -0.3 is 9.61 Å². The molecule has 1 atom stereocenters. The van der Waals surface area contributed by atoms with Gasteiger partial charge in [-0.1, -0.05) is 41.0 Å². The van der Waals surface area contributed by atoms with Gasteiger partial charge in [-0.25, -0.2) is 0 Å². The molecule has 0 aliphatic carbocycles. The van der Waals surface area contributed by atoms with Crippen LogP contribution in [0.1, 0.15) is 5.89 Å². The van der Waals surface area contributed by atoms with Crippen LogP contribution in [0, 0.1) is 0 Å². The second kappa shape index (κ2) is 6.99. The first-order valence-electron chi connectivity index (χ1n) is 7.29. The molecule has 0 saturated heterocycles. The van der Waals surface area contributed by atoms with E-state index in [1.807, 2.05) is 0 Å². The fraction of sp³-hybridized carbons (Fsp3) is 0.125. The molecule has 1 unspecified atom stereocenters. The van der Waals surface area contributed by atoms with Crippen LogP contribution in [-0.2, 0) is 9.95 Å². The number of hydrogen-bond acceptors (Lipinski definition) is 4. The minimum atomic E-state index is -3.73. The highest BCUT2D eigenvalue weighted by molar-refractivity contribution is 7.72. The third kappa shape index (κ3) is 4.06. The maximum atomic E-state index is 13.0. The van der Waals surface area contributed by atoms with Crippen molar-refractivity contribution < 1.29 is 17.9 Å². The van der Waals surface area contributed by atoms with E-state index in [4.69, 9.17) is 23.2 Å². The van der Waals surface area contributed by atoms with Crippen molar-refractivity contribution >= 4 is 41.5 Å². The number of anilines is 1. The van der Waals surface area contributed by atoms with Crippen molar-refractivity contribution in [3.8, 4) is 11.4 Å². The Morgan fingerprint density at radius 2 is 1.81 bits per heavy atom. The molecule has 0 fully saturated rings. The van der Waals surface area contributed by atoms with Crippen LogP contribution >= 0.6 is 30.5 Å². The van der Waals surface area contributed by atoms with Crippen molar-refractivity contribution in [3.63, 3.8) is 0 Å². The van der Waals surface area contributed by atoms with Gasteiger partial charge in [0.05, 0.1) is 10.7 Å². The first kappa shape index (κ1) is 18.8. The van der Waals surface area contributed by atoms with E-state index in [2.05, 4.69) is 19.8 Å². The van der Waals surface area contributed by atoms with Gasteiger partial charge in [-0.05, 0) is 35.9 Å². The van der Waals surface area contributed by atoms with E-state index in [0.717, 1.165) is 0 Å². The minimum absolute atomic E-state index is 0.0446. The number of hydrogen-bond donors (Lipinski definition) is 1. The predicted octanol–water partition coefficient (Wildman–Crippen LogP) is 5.32. The van der Waals surface area contributed by atoms with E-state index < -0.39 is 18.6 Å². The first-order chi connectivity index (χ1) is 12.2. The van der Waals surface area contributed by atoms with E-state index in [1.54, 1.807) is 55.2 Å². The third-order valence-electron chi connectivity index (χ3n) is 3.49. The zero-order valence-corrected chi connectivity index (χ0v) is 15.7. The lowest BCUT2D eigenvalue weighted by atomic mass is 10.2. The van der Waals surface area contributed by atoms with Gasteiger partial charge in [-0.2, -0.15) is 13.8 Å². The molecule has 1 N–H and O–H groups in total. The standard InChI is InChI=1S/C16H12Cl2F2N3O2P/c1-26(24,23-13-5-3-2-4-12(13)17)11-8-6-10(7-9-11)14-21-15(25-22-14)16(18,19)20/h2-9H,1H3,(H,23,24). The lowest BCUT2D eigenvalue weighted by Crippen LogP contribution is -2.10. The number of nitrogens with zero attached hydrogens (tertiary/aromatic N) is 2. The number of benzene rings is 2. The summed E-state index contributed by atoms with van der Waals surface area (Å²) in [5.41, 5.74) is 0.971. The Labute approximate surface area is 157 Å². The van der Waals surface area contributed by atoms with Gasteiger partial charge >= 0.3 is 11.3 Å². The summed E-state index contributed by atoms with van der Waals surface area (Å²) in [7, 11) is -2.97. The molecule has 0 radical (unpaired) electrons. The van der Waals surface area contributed by atoms with E-state index in [9.17, 15) is 13.3 Å². The van der Waals surface area contributed by atoms with E-state index >= 15 is 0 Å². The Bertz CT molecular complexity index is 974. The number of halogens is 4. The molecule has 1 heterocycles. The average molecular weight is 418 g/mol. The van der Waals surface area contributed by atoms with Crippen molar-refractivity contribution in [2.45, 2.75) is 5.38 Å². The molecular weight excluding hydrogens is 406 g/mol. The molecule has 3 aromatic rings. The highest BCUT2D eigenvalue weighted by Crippen LogP contribution is 2.42. The number of rotatable bonds is 5. The van der Waals surface area contributed by atoms with Crippen LogP contribution in [0.25, 0.3) is 11.4 Å². The maximum absolute atomic E-state index is 13.0. The summed E-state index contributed by atoms with van der Waals surface area (Å²) < 4.78 is 43.3. The van der Waals surface area contributed by atoms with Gasteiger partial charge in [0.15, 0.2) is 7.29 Å². The summed E-state index contributed by atoms with van der Waals surface area (Å²) in [6, 6.07) is 13.3. The van der Waals surface area contributed by atoms with Gasteiger partial charge in [0.1, 0.15) is 0 Å². The number of aromatic nitrogens is 2. The number of nitrogens with one attached hydrogen (secondary N) is 1. The lowest BCUT2D eigenvalue weighted by molar-refractivity contribution is 0.0551. The molecule has 10 heteroatoms. The smallest absolute Gasteiger partial charge is 0.332 e. The fourth-order valence-corrected chi connectivity index (χ4v) is 4.02.